The molecule has 1 saturated carbocycles. The molecule has 1 aliphatic rings. The summed E-state index contributed by atoms with van der Waals surface area (Å²) in [6, 6.07) is 2.18. The van der Waals surface area contributed by atoms with E-state index in [9.17, 15) is 4.79 Å². The minimum absolute atomic E-state index is 0.0822. The number of carbonyl (C=O) groups is 1. The Morgan fingerprint density at radius 1 is 1.53 bits per heavy atom. The molecule has 2 atom stereocenters. The lowest BCUT2D eigenvalue weighted by molar-refractivity contribution is 0.0692. The second-order valence-electron chi connectivity index (χ2n) is 5.27. The first-order valence-corrected chi connectivity index (χ1v) is 7.91. The minimum atomic E-state index is 0.0822. The van der Waals surface area contributed by atoms with E-state index in [2.05, 4.69) is 21.0 Å². The summed E-state index contributed by atoms with van der Waals surface area (Å²) in [5.74, 6) is 0.0822. The van der Waals surface area contributed by atoms with Crippen LogP contribution in [0.25, 0.3) is 0 Å². The van der Waals surface area contributed by atoms with Crippen LogP contribution in [0.3, 0.4) is 0 Å². The predicted octanol–water partition coefficient (Wildman–Crippen LogP) is 2.99. The van der Waals surface area contributed by atoms with E-state index in [4.69, 9.17) is 0 Å². The van der Waals surface area contributed by atoms with Gasteiger partial charge in [-0.15, -0.1) is 0 Å². The minimum Gasteiger partial charge on any atom is -0.336 e. The van der Waals surface area contributed by atoms with Crippen LogP contribution in [0, 0.1) is 6.92 Å². The van der Waals surface area contributed by atoms with Gasteiger partial charge in [0.1, 0.15) is 5.69 Å². The standard InChI is InChI=1S/C14H22BrN3O/c1-4-18-13(9-10(2)16-18)14(19)17(3)12-8-6-5-7-11(12)15/h9,11-12H,4-8H2,1-3H3. The molecule has 1 aromatic rings. The van der Waals surface area contributed by atoms with Crippen molar-refractivity contribution in [2.75, 3.05) is 7.05 Å². The molecule has 0 spiro atoms. The van der Waals surface area contributed by atoms with Crippen molar-refractivity contribution in [1.82, 2.24) is 14.7 Å². The van der Waals surface area contributed by atoms with E-state index in [1.165, 1.54) is 12.8 Å². The van der Waals surface area contributed by atoms with E-state index in [1.807, 2.05) is 31.9 Å². The number of hydrogen-bond donors (Lipinski definition) is 0. The van der Waals surface area contributed by atoms with Gasteiger partial charge < -0.3 is 4.90 Å². The quantitative estimate of drug-likeness (QED) is 0.800. The summed E-state index contributed by atoms with van der Waals surface area (Å²) in [5, 5.41) is 4.35. The summed E-state index contributed by atoms with van der Waals surface area (Å²) < 4.78 is 1.79. The molecule has 106 valence electrons. The van der Waals surface area contributed by atoms with Crippen molar-refractivity contribution in [2.45, 2.75) is 56.9 Å². The van der Waals surface area contributed by atoms with Gasteiger partial charge in [-0.3, -0.25) is 9.48 Å². The molecular weight excluding hydrogens is 306 g/mol. The molecule has 2 unspecified atom stereocenters. The summed E-state index contributed by atoms with van der Waals surface area (Å²) in [4.78, 5) is 14.9. The number of carbonyl (C=O) groups excluding carboxylic acids is 1. The third-order valence-corrected chi connectivity index (χ3v) is 4.95. The van der Waals surface area contributed by atoms with Gasteiger partial charge in [0.05, 0.1) is 5.69 Å². The molecule has 0 N–H and O–H groups in total. The van der Waals surface area contributed by atoms with Crippen LogP contribution in [0.1, 0.15) is 48.8 Å². The smallest absolute Gasteiger partial charge is 0.272 e. The average Bonchev–Trinajstić information content (AvgIpc) is 2.79. The number of rotatable bonds is 3. The fourth-order valence-electron chi connectivity index (χ4n) is 2.79. The monoisotopic (exact) mass is 327 g/mol. The molecule has 0 bridgehead atoms. The van der Waals surface area contributed by atoms with Gasteiger partial charge in [-0.1, -0.05) is 28.8 Å². The van der Waals surface area contributed by atoms with Crippen LogP contribution >= 0.6 is 15.9 Å². The fraction of sp³-hybridized carbons (Fsp3) is 0.714. The second-order valence-corrected chi connectivity index (χ2v) is 6.45. The average molecular weight is 328 g/mol. The molecule has 1 fully saturated rings. The zero-order chi connectivity index (χ0) is 14.0. The van der Waals surface area contributed by atoms with Crippen molar-refractivity contribution in [3.63, 3.8) is 0 Å². The van der Waals surface area contributed by atoms with Gasteiger partial charge in [-0.25, -0.2) is 0 Å². The number of amides is 1. The number of halogens is 1. The van der Waals surface area contributed by atoms with Crippen molar-refractivity contribution < 1.29 is 4.79 Å². The van der Waals surface area contributed by atoms with Crippen molar-refractivity contribution in [3.05, 3.63) is 17.5 Å². The Morgan fingerprint density at radius 3 is 2.84 bits per heavy atom. The highest BCUT2D eigenvalue weighted by Gasteiger charge is 2.30. The maximum atomic E-state index is 12.6. The topological polar surface area (TPSA) is 38.1 Å². The summed E-state index contributed by atoms with van der Waals surface area (Å²) in [6.45, 7) is 4.67. The molecule has 2 rings (SSSR count). The van der Waals surface area contributed by atoms with Crippen molar-refractivity contribution in [3.8, 4) is 0 Å². The number of aromatic nitrogens is 2. The molecule has 1 aliphatic carbocycles. The Hall–Kier alpha value is -0.840. The Morgan fingerprint density at radius 2 is 2.21 bits per heavy atom. The summed E-state index contributed by atoms with van der Waals surface area (Å²) >= 11 is 3.72. The summed E-state index contributed by atoms with van der Waals surface area (Å²) in [5.41, 5.74) is 1.60. The lowest BCUT2D eigenvalue weighted by Gasteiger charge is -2.35. The van der Waals surface area contributed by atoms with Gasteiger partial charge in [0.15, 0.2) is 0 Å². The van der Waals surface area contributed by atoms with Crippen molar-refractivity contribution in [1.29, 1.82) is 0 Å². The summed E-state index contributed by atoms with van der Waals surface area (Å²) in [7, 11) is 1.91. The van der Waals surface area contributed by atoms with Gasteiger partial charge in [0.25, 0.3) is 5.91 Å². The van der Waals surface area contributed by atoms with Gasteiger partial charge >= 0.3 is 0 Å². The van der Waals surface area contributed by atoms with E-state index < -0.39 is 0 Å². The lowest BCUT2D eigenvalue weighted by atomic mass is 9.94. The molecule has 1 heterocycles. The third-order valence-electron chi connectivity index (χ3n) is 3.89. The highest BCUT2D eigenvalue weighted by molar-refractivity contribution is 9.09. The largest absolute Gasteiger partial charge is 0.336 e. The fourth-order valence-corrected chi connectivity index (χ4v) is 3.74. The van der Waals surface area contributed by atoms with Gasteiger partial charge in [-0.2, -0.15) is 5.10 Å². The van der Waals surface area contributed by atoms with Gasteiger partial charge in [-0.05, 0) is 32.8 Å². The third kappa shape index (κ3) is 3.02. The molecule has 19 heavy (non-hydrogen) atoms. The molecule has 0 aliphatic heterocycles. The first-order chi connectivity index (χ1) is 9.04. The molecule has 1 amide bonds. The highest BCUT2D eigenvalue weighted by atomic mass is 79.9. The SMILES string of the molecule is CCn1nc(C)cc1C(=O)N(C)C1CCCCC1Br. The Kier molecular flexibility index (Phi) is 4.66. The van der Waals surface area contributed by atoms with Crippen LogP contribution in [0.5, 0.6) is 0 Å². The van der Waals surface area contributed by atoms with E-state index in [0.29, 0.717) is 16.6 Å². The zero-order valence-corrected chi connectivity index (χ0v) is 13.5. The molecule has 0 radical (unpaired) electrons. The highest BCUT2D eigenvalue weighted by Crippen LogP contribution is 2.28. The zero-order valence-electron chi connectivity index (χ0n) is 11.9. The number of hydrogen-bond acceptors (Lipinski definition) is 2. The van der Waals surface area contributed by atoms with Crippen LogP contribution in [-0.4, -0.2) is 38.5 Å². The molecule has 4 nitrogen and oxygen atoms in total. The van der Waals surface area contributed by atoms with E-state index in [1.54, 1.807) is 4.68 Å². The first kappa shape index (κ1) is 14.6. The van der Waals surface area contributed by atoms with Crippen molar-refractivity contribution in [2.24, 2.45) is 0 Å². The molecule has 1 aromatic heterocycles. The van der Waals surface area contributed by atoms with Crippen molar-refractivity contribution >= 4 is 21.8 Å². The van der Waals surface area contributed by atoms with Crippen LogP contribution in [0.15, 0.2) is 6.07 Å². The van der Waals surface area contributed by atoms with Gasteiger partial charge in [0, 0.05) is 24.5 Å². The summed E-state index contributed by atoms with van der Waals surface area (Å²) in [6.07, 6.45) is 4.68. The predicted molar refractivity (Wildman–Crippen MR) is 79.7 cm³/mol. The Bertz CT molecular complexity index is 458. The Labute approximate surface area is 123 Å². The molecule has 5 heteroatoms. The number of alkyl halides is 1. The van der Waals surface area contributed by atoms with Crippen LogP contribution < -0.4 is 0 Å². The molecular formula is C14H22BrN3O. The molecule has 0 saturated heterocycles. The van der Waals surface area contributed by atoms with Crippen LogP contribution in [0.4, 0.5) is 0 Å². The van der Waals surface area contributed by atoms with E-state index >= 15 is 0 Å². The first-order valence-electron chi connectivity index (χ1n) is 7.00. The van der Waals surface area contributed by atoms with Crippen LogP contribution in [0.2, 0.25) is 0 Å². The maximum absolute atomic E-state index is 12.6. The Balaban J connectivity index is 2.18. The van der Waals surface area contributed by atoms with Crippen LogP contribution in [-0.2, 0) is 6.54 Å². The molecule has 0 aromatic carbocycles. The number of aryl methyl sites for hydroxylation is 2. The van der Waals surface area contributed by atoms with Gasteiger partial charge in [0.2, 0.25) is 0 Å². The maximum Gasteiger partial charge on any atom is 0.272 e. The normalized spacial score (nSPS) is 23.4. The van der Waals surface area contributed by atoms with E-state index in [-0.39, 0.29) is 5.91 Å². The number of nitrogens with zero attached hydrogens (tertiary/aromatic N) is 3. The second kappa shape index (κ2) is 6.07. The van der Waals surface area contributed by atoms with E-state index in [0.717, 1.165) is 25.1 Å². The lowest BCUT2D eigenvalue weighted by Crippen LogP contribution is -2.44.